The number of rotatable bonds is 2. The first kappa shape index (κ1) is 9.47. The third-order valence-electron chi connectivity index (χ3n) is 4.40. The topological polar surface area (TPSA) is 12.5 Å². The van der Waals surface area contributed by atoms with Crippen LogP contribution in [0, 0.1) is 5.41 Å². The number of hydrogen-bond acceptors (Lipinski definition) is 2. The second-order valence-corrected chi connectivity index (χ2v) is 4.96. The summed E-state index contributed by atoms with van der Waals surface area (Å²) in [4.78, 5) is 2.62. The summed E-state index contributed by atoms with van der Waals surface area (Å²) in [5.74, 6) is 0. The fraction of sp³-hybridized carbons (Fsp3) is 1.00. The van der Waals surface area contributed by atoms with E-state index in [0.717, 1.165) is 26.3 Å². The van der Waals surface area contributed by atoms with Crippen molar-refractivity contribution < 1.29 is 4.74 Å². The lowest BCUT2D eigenvalue weighted by atomic mass is 9.98. The SMILES string of the molecule is CCC1(C)CC1(C)N1CCOCC1. The van der Waals surface area contributed by atoms with Crippen molar-refractivity contribution in [3.05, 3.63) is 0 Å². The van der Waals surface area contributed by atoms with Crippen LogP contribution in [0.2, 0.25) is 0 Å². The molecule has 2 heteroatoms. The van der Waals surface area contributed by atoms with Crippen LogP contribution in [-0.4, -0.2) is 36.7 Å². The van der Waals surface area contributed by atoms with E-state index in [4.69, 9.17) is 4.74 Å². The van der Waals surface area contributed by atoms with E-state index < -0.39 is 0 Å². The Morgan fingerprint density at radius 3 is 2.31 bits per heavy atom. The molecule has 1 saturated carbocycles. The van der Waals surface area contributed by atoms with Crippen LogP contribution in [0.25, 0.3) is 0 Å². The average molecular weight is 183 g/mol. The first-order chi connectivity index (χ1) is 6.12. The molecule has 76 valence electrons. The van der Waals surface area contributed by atoms with Gasteiger partial charge in [0.1, 0.15) is 0 Å². The van der Waals surface area contributed by atoms with Crippen LogP contribution in [0.4, 0.5) is 0 Å². The molecule has 0 aromatic carbocycles. The molecule has 0 bridgehead atoms. The first-order valence-corrected chi connectivity index (χ1v) is 5.45. The van der Waals surface area contributed by atoms with Crippen molar-refractivity contribution in [2.45, 2.75) is 39.2 Å². The van der Waals surface area contributed by atoms with Gasteiger partial charge in [0, 0.05) is 18.6 Å². The molecular formula is C11H21NO. The van der Waals surface area contributed by atoms with Gasteiger partial charge in [0.25, 0.3) is 0 Å². The Kier molecular flexibility index (Phi) is 2.16. The second-order valence-electron chi connectivity index (χ2n) is 4.96. The van der Waals surface area contributed by atoms with Gasteiger partial charge in [0.05, 0.1) is 13.2 Å². The van der Waals surface area contributed by atoms with Gasteiger partial charge in [-0.2, -0.15) is 0 Å². The highest BCUT2D eigenvalue weighted by Gasteiger charge is 2.62. The zero-order chi connectivity index (χ0) is 9.53. The Hall–Kier alpha value is -0.0800. The van der Waals surface area contributed by atoms with Crippen LogP contribution >= 0.6 is 0 Å². The Balaban J connectivity index is 2.01. The molecule has 0 radical (unpaired) electrons. The normalized spacial score (nSPS) is 46.4. The van der Waals surface area contributed by atoms with Crippen LogP contribution in [0.5, 0.6) is 0 Å². The summed E-state index contributed by atoms with van der Waals surface area (Å²) in [6, 6.07) is 0. The summed E-state index contributed by atoms with van der Waals surface area (Å²) in [7, 11) is 0. The Labute approximate surface area is 81.3 Å². The molecule has 2 nitrogen and oxygen atoms in total. The third-order valence-corrected chi connectivity index (χ3v) is 4.40. The highest BCUT2D eigenvalue weighted by atomic mass is 16.5. The fourth-order valence-corrected chi connectivity index (χ4v) is 2.77. The van der Waals surface area contributed by atoms with Gasteiger partial charge < -0.3 is 4.74 Å². The predicted molar refractivity (Wildman–Crippen MR) is 53.8 cm³/mol. The summed E-state index contributed by atoms with van der Waals surface area (Å²) in [6.07, 6.45) is 2.68. The molecule has 1 aliphatic heterocycles. The molecule has 0 aromatic heterocycles. The van der Waals surface area contributed by atoms with E-state index in [2.05, 4.69) is 25.7 Å². The lowest BCUT2D eigenvalue weighted by molar-refractivity contribution is 0.00367. The summed E-state index contributed by atoms with van der Waals surface area (Å²) in [6.45, 7) is 11.3. The van der Waals surface area contributed by atoms with Crippen molar-refractivity contribution in [2.75, 3.05) is 26.3 Å². The molecule has 0 N–H and O–H groups in total. The molecule has 1 saturated heterocycles. The van der Waals surface area contributed by atoms with E-state index in [1.165, 1.54) is 12.8 Å². The van der Waals surface area contributed by atoms with Gasteiger partial charge in [0.2, 0.25) is 0 Å². The molecule has 13 heavy (non-hydrogen) atoms. The molecule has 2 atom stereocenters. The monoisotopic (exact) mass is 183 g/mol. The summed E-state index contributed by atoms with van der Waals surface area (Å²) in [5.41, 5.74) is 1.05. The predicted octanol–water partition coefficient (Wildman–Crippen LogP) is 1.90. The van der Waals surface area contributed by atoms with Crippen LogP contribution in [0.1, 0.15) is 33.6 Å². The van der Waals surface area contributed by atoms with E-state index in [1.54, 1.807) is 0 Å². The number of ether oxygens (including phenoxy) is 1. The van der Waals surface area contributed by atoms with Crippen LogP contribution in [0.3, 0.4) is 0 Å². The molecule has 2 fully saturated rings. The van der Waals surface area contributed by atoms with Gasteiger partial charge in [-0.15, -0.1) is 0 Å². The highest BCUT2D eigenvalue weighted by molar-refractivity contribution is 5.16. The number of morpholine rings is 1. The molecule has 0 spiro atoms. The maximum absolute atomic E-state index is 5.38. The maximum atomic E-state index is 5.38. The molecule has 0 amide bonds. The molecule has 2 unspecified atom stereocenters. The highest BCUT2D eigenvalue weighted by Crippen LogP contribution is 2.61. The van der Waals surface area contributed by atoms with Gasteiger partial charge in [-0.25, -0.2) is 0 Å². The fourth-order valence-electron chi connectivity index (χ4n) is 2.77. The molecule has 2 rings (SSSR count). The Morgan fingerprint density at radius 1 is 1.23 bits per heavy atom. The van der Waals surface area contributed by atoms with E-state index in [-0.39, 0.29) is 0 Å². The van der Waals surface area contributed by atoms with Crippen LogP contribution in [-0.2, 0) is 4.74 Å². The van der Waals surface area contributed by atoms with E-state index in [1.807, 2.05) is 0 Å². The van der Waals surface area contributed by atoms with E-state index in [0.29, 0.717) is 11.0 Å². The molecule has 2 aliphatic rings. The quantitative estimate of drug-likeness (QED) is 0.648. The molecular weight excluding hydrogens is 162 g/mol. The van der Waals surface area contributed by atoms with Gasteiger partial charge in [-0.05, 0) is 25.2 Å². The van der Waals surface area contributed by atoms with Crippen molar-refractivity contribution in [2.24, 2.45) is 5.41 Å². The van der Waals surface area contributed by atoms with Crippen molar-refractivity contribution in [3.63, 3.8) is 0 Å². The van der Waals surface area contributed by atoms with Crippen molar-refractivity contribution in [1.82, 2.24) is 4.90 Å². The summed E-state index contributed by atoms with van der Waals surface area (Å²) >= 11 is 0. The second kappa shape index (κ2) is 2.96. The summed E-state index contributed by atoms with van der Waals surface area (Å²) < 4.78 is 5.38. The smallest absolute Gasteiger partial charge is 0.0594 e. The standard InChI is InChI=1S/C11H21NO/c1-4-10(2)9-11(10,3)12-5-7-13-8-6-12/h4-9H2,1-3H3. The minimum atomic E-state index is 0.478. The van der Waals surface area contributed by atoms with Crippen molar-refractivity contribution in [1.29, 1.82) is 0 Å². The largest absolute Gasteiger partial charge is 0.379 e. The average Bonchev–Trinajstić information content (AvgIpc) is 2.74. The Morgan fingerprint density at radius 2 is 1.85 bits per heavy atom. The lowest BCUT2D eigenvalue weighted by Crippen LogP contribution is -2.46. The summed E-state index contributed by atoms with van der Waals surface area (Å²) in [5, 5.41) is 0. The van der Waals surface area contributed by atoms with Crippen LogP contribution in [0.15, 0.2) is 0 Å². The van der Waals surface area contributed by atoms with Gasteiger partial charge in [-0.3, -0.25) is 4.90 Å². The Bertz CT molecular complexity index is 200. The minimum Gasteiger partial charge on any atom is -0.379 e. The van der Waals surface area contributed by atoms with Crippen LogP contribution < -0.4 is 0 Å². The van der Waals surface area contributed by atoms with E-state index in [9.17, 15) is 0 Å². The minimum absolute atomic E-state index is 0.478. The van der Waals surface area contributed by atoms with Gasteiger partial charge >= 0.3 is 0 Å². The number of nitrogens with zero attached hydrogens (tertiary/aromatic N) is 1. The zero-order valence-electron chi connectivity index (χ0n) is 9.10. The van der Waals surface area contributed by atoms with Crippen molar-refractivity contribution in [3.8, 4) is 0 Å². The third kappa shape index (κ3) is 1.31. The maximum Gasteiger partial charge on any atom is 0.0594 e. The van der Waals surface area contributed by atoms with Gasteiger partial charge in [0.15, 0.2) is 0 Å². The number of hydrogen-bond donors (Lipinski definition) is 0. The van der Waals surface area contributed by atoms with Crippen molar-refractivity contribution >= 4 is 0 Å². The lowest BCUT2D eigenvalue weighted by Gasteiger charge is -2.35. The first-order valence-electron chi connectivity index (χ1n) is 5.45. The molecule has 0 aromatic rings. The van der Waals surface area contributed by atoms with E-state index >= 15 is 0 Å². The zero-order valence-corrected chi connectivity index (χ0v) is 9.10. The molecule has 1 heterocycles. The van der Waals surface area contributed by atoms with Gasteiger partial charge in [-0.1, -0.05) is 13.8 Å². The molecule has 1 aliphatic carbocycles.